The molecule has 6 nitrogen and oxygen atoms in total. The van der Waals surface area contributed by atoms with Crippen LogP contribution < -0.4 is 10.8 Å². The zero-order valence-corrected chi connectivity index (χ0v) is 15.3. The molecule has 7 heteroatoms. The highest BCUT2D eigenvalue weighted by molar-refractivity contribution is 6.58. The molecule has 1 amide bonds. The Balaban J connectivity index is 1.97. The number of benzene rings is 1. The van der Waals surface area contributed by atoms with E-state index in [1.807, 2.05) is 0 Å². The van der Waals surface area contributed by atoms with Crippen molar-refractivity contribution in [3.05, 3.63) is 29.8 Å². The van der Waals surface area contributed by atoms with Gasteiger partial charge in [-0.3, -0.25) is 9.59 Å². The quantitative estimate of drug-likeness (QED) is 0.299. The van der Waals surface area contributed by atoms with Crippen molar-refractivity contribution in [2.24, 2.45) is 0 Å². The van der Waals surface area contributed by atoms with E-state index in [4.69, 9.17) is 15.2 Å². The average Bonchev–Trinajstić information content (AvgIpc) is 2.62. The highest BCUT2D eigenvalue weighted by Gasteiger charge is 2.11. The minimum absolute atomic E-state index is 0.148. The lowest BCUT2D eigenvalue weighted by molar-refractivity contribution is -0.137. The number of aliphatic carboxylic acids is 1. The molecule has 0 aliphatic heterocycles. The predicted octanol–water partition coefficient (Wildman–Crippen LogP) is 2.08. The number of amides is 1. The van der Waals surface area contributed by atoms with E-state index in [2.05, 4.69) is 5.32 Å². The Bertz CT molecular complexity index is 533. The maximum Gasteiger partial charge on any atom is 0.488 e. The van der Waals surface area contributed by atoms with E-state index in [1.54, 1.807) is 12.1 Å². The fraction of sp³-hybridized carbons (Fsp3) is 0.579. The number of unbranched alkanes of at least 4 members (excludes halogenated alkanes) is 8. The van der Waals surface area contributed by atoms with Gasteiger partial charge in [-0.1, -0.05) is 57.1 Å². The average molecular weight is 363 g/mol. The normalized spacial score (nSPS) is 10.5. The van der Waals surface area contributed by atoms with E-state index in [-0.39, 0.29) is 12.3 Å². The summed E-state index contributed by atoms with van der Waals surface area (Å²) in [4.78, 5) is 22.3. The van der Waals surface area contributed by atoms with Gasteiger partial charge in [0.05, 0.1) is 0 Å². The number of carboxylic acid groups (broad SMARTS) is 1. The minimum atomic E-state index is -1.52. The zero-order valence-electron chi connectivity index (χ0n) is 15.3. The molecule has 0 spiro atoms. The van der Waals surface area contributed by atoms with Gasteiger partial charge in [0.25, 0.3) is 5.91 Å². The van der Waals surface area contributed by atoms with E-state index >= 15 is 0 Å². The molecule has 4 N–H and O–H groups in total. The zero-order chi connectivity index (χ0) is 19.2. The fourth-order valence-corrected chi connectivity index (χ4v) is 2.75. The van der Waals surface area contributed by atoms with E-state index < -0.39 is 13.1 Å². The maximum atomic E-state index is 12.0. The third-order valence-electron chi connectivity index (χ3n) is 4.32. The molecule has 0 atom stereocenters. The van der Waals surface area contributed by atoms with Crippen LogP contribution in [0, 0.1) is 0 Å². The smallest absolute Gasteiger partial charge is 0.481 e. The third kappa shape index (κ3) is 10.2. The topological polar surface area (TPSA) is 107 Å². The highest BCUT2D eigenvalue weighted by Crippen LogP contribution is 2.10. The lowest BCUT2D eigenvalue weighted by Gasteiger charge is -2.06. The van der Waals surface area contributed by atoms with Gasteiger partial charge in [0.2, 0.25) is 0 Å². The van der Waals surface area contributed by atoms with Crippen molar-refractivity contribution in [2.45, 2.75) is 64.2 Å². The molecule has 0 bridgehead atoms. The first kappa shape index (κ1) is 22.2. The molecule has 1 aromatic rings. The van der Waals surface area contributed by atoms with E-state index in [0.29, 0.717) is 17.6 Å². The first-order valence-electron chi connectivity index (χ1n) is 9.47. The number of carbonyl (C=O) groups excluding carboxylic acids is 1. The van der Waals surface area contributed by atoms with Gasteiger partial charge in [0, 0.05) is 18.5 Å². The van der Waals surface area contributed by atoms with Gasteiger partial charge in [-0.2, -0.15) is 0 Å². The summed E-state index contributed by atoms with van der Waals surface area (Å²) in [5, 5.41) is 29.5. The van der Waals surface area contributed by atoms with Crippen molar-refractivity contribution in [1.82, 2.24) is 5.32 Å². The summed E-state index contributed by atoms with van der Waals surface area (Å²) < 4.78 is 0. The number of rotatable bonds is 14. The Kier molecular flexibility index (Phi) is 11.4. The van der Waals surface area contributed by atoms with Crippen LogP contribution in [0.3, 0.4) is 0 Å². The lowest BCUT2D eigenvalue weighted by atomic mass is 9.80. The molecule has 0 aromatic heterocycles. The van der Waals surface area contributed by atoms with E-state index in [1.165, 1.54) is 25.0 Å². The Morgan fingerprint density at radius 3 is 1.81 bits per heavy atom. The van der Waals surface area contributed by atoms with Crippen LogP contribution in [0.4, 0.5) is 0 Å². The highest BCUT2D eigenvalue weighted by atomic mass is 16.4. The van der Waals surface area contributed by atoms with Crippen LogP contribution in [0.5, 0.6) is 0 Å². The summed E-state index contributed by atoms with van der Waals surface area (Å²) in [5.41, 5.74) is 0.876. The van der Waals surface area contributed by atoms with Crippen molar-refractivity contribution in [3.8, 4) is 0 Å². The van der Waals surface area contributed by atoms with Crippen molar-refractivity contribution in [3.63, 3.8) is 0 Å². The molecule has 0 aliphatic rings. The molecule has 0 aliphatic carbocycles. The second kappa shape index (κ2) is 13.4. The van der Waals surface area contributed by atoms with Crippen LogP contribution in [0.2, 0.25) is 0 Å². The standard InChI is InChI=1S/C19H30BNO5/c22-18(23)10-8-6-4-2-1-3-5-7-9-15-21-19(24)16-11-13-17(14-12-16)20(25)26/h11-14,25-26H,1-10,15H2,(H,21,24)(H,22,23). The van der Waals surface area contributed by atoms with Crippen LogP contribution in [0.15, 0.2) is 24.3 Å². The maximum absolute atomic E-state index is 12.0. The molecule has 0 heterocycles. The number of hydrogen-bond acceptors (Lipinski definition) is 4. The van der Waals surface area contributed by atoms with Gasteiger partial charge >= 0.3 is 13.1 Å². The van der Waals surface area contributed by atoms with Gasteiger partial charge in [0.1, 0.15) is 0 Å². The third-order valence-corrected chi connectivity index (χ3v) is 4.32. The van der Waals surface area contributed by atoms with E-state index in [9.17, 15) is 9.59 Å². The Hall–Kier alpha value is -1.86. The molecule has 0 saturated carbocycles. The summed E-state index contributed by atoms with van der Waals surface area (Å²) in [5.74, 6) is -0.858. The minimum Gasteiger partial charge on any atom is -0.481 e. The number of carbonyl (C=O) groups is 2. The summed E-state index contributed by atoms with van der Waals surface area (Å²) in [6.45, 7) is 0.637. The summed E-state index contributed by atoms with van der Waals surface area (Å²) in [7, 11) is -1.52. The van der Waals surface area contributed by atoms with Crippen molar-refractivity contribution in [1.29, 1.82) is 0 Å². The Morgan fingerprint density at radius 2 is 1.31 bits per heavy atom. The van der Waals surface area contributed by atoms with Crippen LogP contribution in [-0.4, -0.2) is 40.7 Å². The van der Waals surface area contributed by atoms with Crippen molar-refractivity contribution < 1.29 is 24.7 Å². The summed E-state index contributed by atoms with van der Waals surface area (Å²) in [6, 6.07) is 6.23. The van der Waals surface area contributed by atoms with Crippen LogP contribution in [0.25, 0.3) is 0 Å². The van der Waals surface area contributed by atoms with Crippen molar-refractivity contribution >= 4 is 24.5 Å². The summed E-state index contributed by atoms with van der Waals surface area (Å²) >= 11 is 0. The Labute approximate surface area is 155 Å². The second-order valence-corrected chi connectivity index (χ2v) is 6.58. The number of carboxylic acids is 1. The first-order valence-corrected chi connectivity index (χ1v) is 9.47. The predicted molar refractivity (Wildman–Crippen MR) is 102 cm³/mol. The van der Waals surface area contributed by atoms with Gasteiger partial charge in [0.15, 0.2) is 0 Å². The van der Waals surface area contributed by atoms with Gasteiger partial charge in [-0.25, -0.2) is 0 Å². The fourth-order valence-electron chi connectivity index (χ4n) is 2.75. The number of hydrogen-bond donors (Lipinski definition) is 4. The largest absolute Gasteiger partial charge is 0.488 e. The monoisotopic (exact) mass is 363 g/mol. The van der Waals surface area contributed by atoms with Gasteiger partial charge in [-0.15, -0.1) is 0 Å². The molecular weight excluding hydrogens is 333 g/mol. The Morgan fingerprint density at radius 1 is 0.808 bits per heavy atom. The van der Waals surface area contributed by atoms with Crippen LogP contribution in [-0.2, 0) is 4.79 Å². The molecule has 144 valence electrons. The second-order valence-electron chi connectivity index (χ2n) is 6.58. The number of nitrogens with one attached hydrogen (secondary N) is 1. The van der Waals surface area contributed by atoms with Gasteiger partial charge in [-0.05, 0) is 30.4 Å². The molecular formula is C19H30BNO5. The summed E-state index contributed by atoms with van der Waals surface area (Å²) in [6.07, 6.45) is 9.85. The van der Waals surface area contributed by atoms with Gasteiger partial charge < -0.3 is 20.5 Å². The molecule has 0 radical (unpaired) electrons. The lowest BCUT2D eigenvalue weighted by Crippen LogP contribution is -2.30. The molecule has 0 unspecified atom stereocenters. The van der Waals surface area contributed by atoms with E-state index in [0.717, 1.165) is 44.9 Å². The van der Waals surface area contributed by atoms with Crippen LogP contribution >= 0.6 is 0 Å². The van der Waals surface area contributed by atoms with Crippen LogP contribution in [0.1, 0.15) is 74.6 Å². The SMILES string of the molecule is O=C(O)CCCCCCCCCCCNC(=O)c1ccc(B(O)O)cc1. The molecule has 26 heavy (non-hydrogen) atoms. The molecule has 0 saturated heterocycles. The molecule has 1 rings (SSSR count). The molecule has 1 aromatic carbocycles. The molecule has 0 fully saturated rings. The van der Waals surface area contributed by atoms with Crippen molar-refractivity contribution in [2.75, 3.05) is 6.54 Å². The first-order chi connectivity index (χ1) is 12.5.